The van der Waals surface area contributed by atoms with Gasteiger partial charge in [0, 0.05) is 24.2 Å². The molecule has 1 saturated heterocycles. The normalized spacial score (nSPS) is 15.2. The maximum Gasteiger partial charge on any atom is 0.251 e. The van der Waals surface area contributed by atoms with Crippen molar-refractivity contribution in [2.75, 3.05) is 26.2 Å². The summed E-state index contributed by atoms with van der Waals surface area (Å²) in [7, 11) is 0. The summed E-state index contributed by atoms with van der Waals surface area (Å²) in [5.74, 6) is 0.852. The van der Waals surface area contributed by atoms with Gasteiger partial charge in [-0.2, -0.15) is 0 Å². The highest BCUT2D eigenvalue weighted by Gasteiger charge is 2.11. The zero-order chi connectivity index (χ0) is 16.8. The highest BCUT2D eigenvalue weighted by molar-refractivity contribution is 5.94. The highest BCUT2D eigenvalue weighted by Crippen LogP contribution is 2.22. The summed E-state index contributed by atoms with van der Waals surface area (Å²) in [4.78, 5) is 25.2. The van der Waals surface area contributed by atoms with E-state index in [0.717, 1.165) is 25.2 Å². The van der Waals surface area contributed by atoms with Crippen LogP contribution in [0.1, 0.15) is 40.2 Å². The first-order valence-corrected chi connectivity index (χ1v) is 8.42. The third-order valence-electron chi connectivity index (χ3n) is 4.34. The summed E-state index contributed by atoms with van der Waals surface area (Å²) in [5.41, 5.74) is 1.47. The van der Waals surface area contributed by atoms with Crippen molar-refractivity contribution < 1.29 is 14.0 Å². The molecule has 2 heterocycles. The van der Waals surface area contributed by atoms with Gasteiger partial charge < -0.3 is 14.6 Å². The minimum absolute atomic E-state index is 0.0633. The minimum Gasteiger partial charge on any atom is -0.453 e. The van der Waals surface area contributed by atoms with Crippen molar-refractivity contribution >= 4 is 12.2 Å². The zero-order valence-electron chi connectivity index (χ0n) is 13.7. The van der Waals surface area contributed by atoms with Gasteiger partial charge in [-0.05, 0) is 50.2 Å². The molecular formula is C19H22N2O3. The Balaban J connectivity index is 1.52. The first kappa shape index (κ1) is 16.5. The Labute approximate surface area is 141 Å². The molecule has 5 heteroatoms. The fraction of sp³-hybridized carbons (Fsp3) is 0.368. The van der Waals surface area contributed by atoms with E-state index in [4.69, 9.17) is 4.42 Å². The van der Waals surface area contributed by atoms with Crippen molar-refractivity contribution in [3.63, 3.8) is 0 Å². The molecule has 0 spiro atoms. The summed E-state index contributed by atoms with van der Waals surface area (Å²) in [6, 6.07) is 10.6. The molecule has 0 aliphatic carbocycles. The molecule has 1 aromatic carbocycles. The van der Waals surface area contributed by atoms with Crippen molar-refractivity contribution in [2.24, 2.45) is 0 Å². The Bertz CT molecular complexity index is 685. The molecule has 1 amide bonds. The molecule has 1 aliphatic rings. The third kappa shape index (κ3) is 4.11. The van der Waals surface area contributed by atoms with Gasteiger partial charge in [0.05, 0.1) is 0 Å². The molecule has 0 saturated carbocycles. The van der Waals surface area contributed by atoms with Gasteiger partial charge >= 0.3 is 0 Å². The smallest absolute Gasteiger partial charge is 0.251 e. The Kier molecular flexibility index (Phi) is 5.43. The molecule has 0 bridgehead atoms. The second-order valence-electron chi connectivity index (χ2n) is 6.06. The van der Waals surface area contributed by atoms with Crippen LogP contribution in [-0.2, 0) is 0 Å². The molecule has 1 aromatic heterocycles. The molecule has 126 valence electrons. The van der Waals surface area contributed by atoms with Gasteiger partial charge in [-0.3, -0.25) is 9.59 Å². The summed E-state index contributed by atoms with van der Waals surface area (Å²) in [6.45, 7) is 3.85. The number of rotatable bonds is 6. The number of amides is 1. The second kappa shape index (κ2) is 7.93. The zero-order valence-corrected chi connectivity index (χ0v) is 13.7. The molecule has 1 aliphatic heterocycles. The number of furan rings is 1. The number of hydrogen-bond acceptors (Lipinski definition) is 4. The van der Waals surface area contributed by atoms with Crippen LogP contribution in [0, 0.1) is 0 Å². The van der Waals surface area contributed by atoms with E-state index in [9.17, 15) is 9.59 Å². The molecule has 0 atom stereocenters. The SMILES string of the molecule is O=Cc1ccc(-c2ccc(C(=O)NCCN3CCCCC3)cc2)o1. The van der Waals surface area contributed by atoms with E-state index in [0.29, 0.717) is 29.9 Å². The van der Waals surface area contributed by atoms with Crippen LogP contribution < -0.4 is 5.32 Å². The lowest BCUT2D eigenvalue weighted by Gasteiger charge is -2.26. The monoisotopic (exact) mass is 326 g/mol. The molecule has 24 heavy (non-hydrogen) atoms. The maximum atomic E-state index is 12.2. The van der Waals surface area contributed by atoms with E-state index in [1.807, 2.05) is 12.1 Å². The molecule has 1 fully saturated rings. The van der Waals surface area contributed by atoms with Crippen molar-refractivity contribution in [1.82, 2.24) is 10.2 Å². The van der Waals surface area contributed by atoms with Crippen LogP contribution in [0.3, 0.4) is 0 Å². The predicted molar refractivity (Wildman–Crippen MR) is 92.2 cm³/mol. The van der Waals surface area contributed by atoms with Gasteiger partial charge in [0.15, 0.2) is 12.0 Å². The number of nitrogens with one attached hydrogen (secondary N) is 1. The minimum atomic E-state index is -0.0633. The standard InChI is InChI=1S/C19H22N2O3/c22-14-17-8-9-18(24-17)15-4-6-16(7-5-15)19(23)20-10-13-21-11-2-1-3-12-21/h4-9,14H,1-3,10-13H2,(H,20,23). The number of hydrogen-bond donors (Lipinski definition) is 1. The van der Waals surface area contributed by atoms with Gasteiger partial charge in [0.1, 0.15) is 5.76 Å². The molecule has 3 rings (SSSR count). The van der Waals surface area contributed by atoms with E-state index >= 15 is 0 Å². The Hall–Kier alpha value is -2.40. The van der Waals surface area contributed by atoms with Gasteiger partial charge in [0.25, 0.3) is 5.91 Å². The Morgan fingerprint density at radius 2 is 1.83 bits per heavy atom. The van der Waals surface area contributed by atoms with Crippen LogP contribution in [0.15, 0.2) is 40.8 Å². The molecular weight excluding hydrogens is 304 g/mol. The highest BCUT2D eigenvalue weighted by atomic mass is 16.3. The first-order valence-electron chi connectivity index (χ1n) is 8.42. The fourth-order valence-electron chi connectivity index (χ4n) is 2.97. The number of aldehydes is 1. The largest absolute Gasteiger partial charge is 0.453 e. The molecule has 5 nitrogen and oxygen atoms in total. The number of piperidine rings is 1. The number of carbonyl (C=O) groups is 2. The van der Waals surface area contributed by atoms with Crippen molar-refractivity contribution in [2.45, 2.75) is 19.3 Å². The quantitative estimate of drug-likeness (QED) is 0.829. The lowest BCUT2D eigenvalue weighted by atomic mass is 10.1. The van der Waals surface area contributed by atoms with Crippen LogP contribution in [0.5, 0.6) is 0 Å². The van der Waals surface area contributed by atoms with Crippen LogP contribution in [0.2, 0.25) is 0 Å². The average molecular weight is 326 g/mol. The predicted octanol–water partition coefficient (Wildman–Crippen LogP) is 2.97. The van der Waals surface area contributed by atoms with Crippen molar-refractivity contribution in [3.05, 3.63) is 47.7 Å². The van der Waals surface area contributed by atoms with E-state index in [-0.39, 0.29) is 5.91 Å². The number of likely N-dealkylation sites (tertiary alicyclic amines) is 1. The average Bonchev–Trinajstić information content (AvgIpc) is 3.12. The lowest BCUT2D eigenvalue weighted by molar-refractivity contribution is 0.0946. The Morgan fingerprint density at radius 3 is 2.50 bits per heavy atom. The molecule has 0 radical (unpaired) electrons. The van der Waals surface area contributed by atoms with Crippen LogP contribution in [0.4, 0.5) is 0 Å². The van der Waals surface area contributed by atoms with Gasteiger partial charge in [0.2, 0.25) is 0 Å². The van der Waals surface area contributed by atoms with Gasteiger partial charge in [-0.15, -0.1) is 0 Å². The number of nitrogens with zero attached hydrogens (tertiary/aromatic N) is 1. The van der Waals surface area contributed by atoms with E-state index < -0.39 is 0 Å². The van der Waals surface area contributed by atoms with E-state index in [2.05, 4.69) is 10.2 Å². The Morgan fingerprint density at radius 1 is 1.08 bits per heavy atom. The fourth-order valence-corrected chi connectivity index (χ4v) is 2.97. The lowest BCUT2D eigenvalue weighted by Crippen LogP contribution is -2.37. The van der Waals surface area contributed by atoms with Gasteiger partial charge in [-0.25, -0.2) is 0 Å². The van der Waals surface area contributed by atoms with Crippen molar-refractivity contribution in [3.8, 4) is 11.3 Å². The molecule has 0 unspecified atom stereocenters. The number of benzene rings is 1. The molecule has 2 aromatic rings. The summed E-state index contributed by atoms with van der Waals surface area (Å²) in [6.07, 6.45) is 4.51. The van der Waals surface area contributed by atoms with Crippen LogP contribution in [0.25, 0.3) is 11.3 Å². The maximum absolute atomic E-state index is 12.2. The topological polar surface area (TPSA) is 62.6 Å². The van der Waals surface area contributed by atoms with Gasteiger partial charge in [-0.1, -0.05) is 18.6 Å². The summed E-state index contributed by atoms with van der Waals surface area (Å²) in [5, 5.41) is 2.97. The molecule has 1 N–H and O–H groups in total. The second-order valence-corrected chi connectivity index (χ2v) is 6.06. The number of carbonyl (C=O) groups excluding carboxylic acids is 2. The van der Waals surface area contributed by atoms with Crippen LogP contribution in [-0.4, -0.2) is 43.3 Å². The summed E-state index contributed by atoms with van der Waals surface area (Å²) < 4.78 is 5.38. The third-order valence-corrected chi connectivity index (χ3v) is 4.34. The summed E-state index contributed by atoms with van der Waals surface area (Å²) >= 11 is 0. The van der Waals surface area contributed by atoms with E-state index in [1.165, 1.54) is 19.3 Å². The first-order chi connectivity index (χ1) is 11.8. The van der Waals surface area contributed by atoms with E-state index in [1.54, 1.807) is 24.3 Å². The van der Waals surface area contributed by atoms with Crippen LogP contribution >= 0.6 is 0 Å². The van der Waals surface area contributed by atoms with Crippen molar-refractivity contribution in [1.29, 1.82) is 0 Å².